The van der Waals surface area contributed by atoms with Gasteiger partial charge in [0.05, 0.1) is 6.61 Å². The number of carbonyl (C=O) groups excluding carboxylic acids is 1. The number of aliphatic hydroxyl groups excluding tert-OH is 1. The first kappa shape index (κ1) is 14.2. The zero-order chi connectivity index (χ0) is 12.7. The molecule has 0 saturated heterocycles. The Morgan fingerprint density at radius 2 is 2.29 bits per heavy atom. The molecule has 0 radical (unpaired) electrons. The summed E-state index contributed by atoms with van der Waals surface area (Å²) in [5, 5.41) is 14.5. The summed E-state index contributed by atoms with van der Waals surface area (Å²) < 4.78 is 0.932. The second-order valence-corrected chi connectivity index (χ2v) is 4.76. The van der Waals surface area contributed by atoms with E-state index in [9.17, 15) is 4.79 Å². The van der Waals surface area contributed by atoms with Crippen molar-refractivity contribution in [1.29, 1.82) is 0 Å². The Kier molecular flexibility index (Phi) is 6.18. The van der Waals surface area contributed by atoms with Crippen LogP contribution in [0.15, 0.2) is 28.7 Å². The van der Waals surface area contributed by atoms with E-state index in [0.29, 0.717) is 13.0 Å². The minimum absolute atomic E-state index is 0.0407. The van der Waals surface area contributed by atoms with Gasteiger partial charge in [-0.3, -0.25) is 4.79 Å². The van der Waals surface area contributed by atoms with Crippen LogP contribution in [-0.2, 0) is 4.79 Å². The molecule has 1 amide bonds. The Hall–Kier alpha value is -0.910. The molecule has 1 unspecified atom stereocenters. The average Bonchev–Trinajstić information content (AvgIpc) is 2.26. The van der Waals surface area contributed by atoms with Crippen molar-refractivity contribution in [2.24, 2.45) is 0 Å². The van der Waals surface area contributed by atoms with E-state index < -0.39 is 0 Å². The summed E-state index contributed by atoms with van der Waals surface area (Å²) in [5.74, 6) is -0.0407. The fourth-order valence-corrected chi connectivity index (χ4v) is 1.84. The molecule has 0 heterocycles. The molecule has 0 aliphatic heterocycles. The van der Waals surface area contributed by atoms with Crippen LogP contribution in [0.2, 0.25) is 0 Å². The molecule has 1 rings (SSSR count). The molecule has 1 atom stereocenters. The van der Waals surface area contributed by atoms with E-state index in [1.807, 2.05) is 31.2 Å². The van der Waals surface area contributed by atoms with Gasteiger partial charge in [0.15, 0.2) is 0 Å². The summed E-state index contributed by atoms with van der Waals surface area (Å²) in [6, 6.07) is 7.51. The summed E-state index contributed by atoms with van der Waals surface area (Å²) in [5.41, 5.74) is 0.777. The fourth-order valence-electron chi connectivity index (χ4n) is 1.44. The highest BCUT2D eigenvalue weighted by Gasteiger charge is 2.08. The lowest BCUT2D eigenvalue weighted by Gasteiger charge is -2.12. The standard InChI is InChI=1S/C12H17BrN2O2/c1-9(14-5-6-16)7-12(17)15-11-4-2-3-10(13)8-11/h2-4,8-9,14,16H,5-7H2,1H3,(H,15,17). The van der Waals surface area contributed by atoms with Crippen molar-refractivity contribution < 1.29 is 9.90 Å². The van der Waals surface area contributed by atoms with Crippen LogP contribution in [0.3, 0.4) is 0 Å². The molecule has 1 aromatic rings. The predicted octanol–water partition coefficient (Wildman–Crippen LogP) is 1.75. The molecular formula is C12H17BrN2O2. The zero-order valence-electron chi connectivity index (χ0n) is 9.74. The summed E-state index contributed by atoms with van der Waals surface area (Å²) >= 11 is 3.35. The lowest BCUT2D eigenvalue weighted by atomic mass is 10.2. The quantitative estimate of drug-likeness (QED) is 0.750. The first-order valence-electron chi connectivity index (χ1n) is 5.51. The zero-order valence-corrected chi connectivity index (χ0v) is 11.3. The van der Waals surface area contributed by atoms with Gasteiger partial charge in [-0.15, -0.1) is 0 Å². The molecule has 0 aliphatic carbocycles. The van der Waals surface area contributed by atoms with Crippen molar-refractivity contribution in [3.05, 3.63) is 28.7 Å². The lowest BCUT2D eigenvalue weighted by Crippen LogP contribution is -2.32. The van der Waals surface area contributed by atoms with E-state index >= 15 is 0 Å². The van der Waals surface area contributed by atoms with E-state index in [4.69, 9.17) is 5.11 Å². The van der Waals surface area contributed by atoms with Gasteiger partial charge >= 0.3 is 0 Å². The Morgan fingerprint density at radius 1 is 1.53 bits per heavy atom. The maximum atomic E-state index is 11.7. The van der Waals surface area contributed by atoms with Gasteiger partial charge in [0.25, 0.3) is 0 Å². The molecule has 0 fully saturated rings. The Morgan fingerprint density at radius 3 is 2.94 bits per heavy atom. The van der Waals surface area contributed by atoms with Gasteiger partial charge in [-0.05, 0) is 25.1 Å². The van der Waals surface area contributed by atoms with Crippen LogP contribution >= 0.6 is 15.9 Å². The molecule has 0 bridgehead atoms. The molecule has 3 N–H and O–H groups in total. The van der Waals surface area contributed by atoms with Gasteiger partial charge in [-0.2, -0.15) is 0 Å². The first-order chi connectivity index (χ1) is 8.11. The number of benzene rings is 1. The summed E-state index contributed by atoms with van der Waals surface area (Å²) in [4.78, 5) is 11.7. The van der Waals surface area contributed by atoms with Crippen molar-refractivity contribution in [2.75, 3.05) is 18.5 Å². The monoisotopic (exact) mass is 300 g/mol. The molecule has 0 saturated carbocycles. The number of carbonyl (C=O) groups is 1. The number of aliphatic hydroxyl groups is 1. The largest absolute Gasteiger partial charge is 0.395 e. The van der Waals surface area contributed by atoms with Crippen molar-refractivity contribution in [2.45, 2.75) is 19.4 Å². The third-order valence-electron chi connectivity index (χ3n) is 2.20. The minimum atomic E-state index is -0.0407. The molecule has 1 aromatic carbocycles. The third-order valence-corrected chi connectivity index (χ3v) is 2.70. The van der Waals surface area contributed by atoms with Gasteiger partial charge < -0.3 is 15.7 Å². The van der Waals surface area contributed by atoms with Crippen molar-refractivity contribution >= 4 is 27.5 Å². The Labute approximate surface area is 110 Å². The summed E-state index contributed by atoms with van der Waals surface area (Å²) in [6.45, 7) is 2.50. The number of hydrogen-bond donors (Lipinski definition) is 3. The number of hydrogen-bond acceptors (Lipinski definition) is 3. The molecule has 5 heteroatoms. The molecule has 0 aliphatic rings. The SMILES string of the molecule is CC(CC(=O)Nc1cccc(Br)c1)NCCO. The molecular weight excluding hydrogens is 284 g/mol. The smallest absolute Gasteiger partial charge is 0.225 e. The molecule has 4 nitrogen and oxygen atoms in total. The molecule has 0 spiro atoms. The van der Waals surface area contributed by atoms with Crippen molar-refractivity contribution in [3.8, 4) is 0 Å². The molecule has 0 aromatic heterocycles. The van der Waals surface area contributed by atoms with Crippen LogP contribution in [0.4, 0.5) is 5.69 Å². The summed E-state index contributed by atoms with van der Waals surface area (Å²) in [6.07, 6.45) is 0.381. The first-order valence-corrected chi connectivity index (χ1v) is 6.31. The predicted molar refractivity (Wildman–Crippen MR) is 71.9 cm³/mol. The second-order valence-electron chi connectivity index (χ2n) is 3.84. The maximum Gasteiger partial charge on any atom is 0.225 e. The van der Waals surface area contributed by atoms with Crippen LogP contribution in [0.25, 0.3) is 0 Å². The van der Waals surface area contributed by atoms with E-state index in [2.05, 4.69) is 26.6 Å². The van der Waals surface area contributed by atoms with Crippen LogP contribution in [0.5, 0.6) is 0 Å². The van der Waals surface area contributed by atoms with Crippen molar-refractivity contribution in [1.82, 2.24) is 5.32 Å². The topological polar surface area (TPSA) is 61.4 Å². The van der Waals surface area contributed by atoms with E-state index in [-0.39, 0.29) is 18.6 Å². The van der Waals surface area contributed by atoms with Crippen LogP contribution in [0, 0.1) is 0 Å². The Bertz CT molecular complexity index is 371. The number of halogens is 1. The average molecular weight is 301 g/mol. The summed E-state index contributed by atoms with van der Waals surface area (Å²) in [7, 11) is 0. The highest BCUT2D eigenvalue weighted by Crippen LogP contribution is 2.15. The number of amides is 1. The van der Waals surface area contributed by atoms with E-state index in [0.717, 1.165) is 10.2 Å². The number of rotatable bonds is 6. The van der Waals surface area contributed by atoms with Gasteiger partial charge in [0.1, 0.15) is 0 Å². The van der Waals surface area contributed by atoms with Crippen LogP contribution in [-0.4, -0.2) is 30.2 Å². The Balaban J connectivity index is 2.39. The fraction of sp³-hybridized carbons (Fsp3) is 0.417. The van der Waals surface area contributed by atoms with Gasteiger partial charge in [0.2, 0.25) is 5.91 Å². The van der Waals surface area contributed by atoms with Gasteiger partial charge in [0, 0.05) is 29.2 Å². The minimum Gasteiger partial charge on any atom is -0.395 e. The van der Waals surface area contributed by atoms with Crippen molar-refractivity contribution in [3.63, 3.8) is 0 Å². The highest BCUT2D eigenvalue weighted by atomic mass is 79.9. The normalized spacial score (nSPS) is 12.2. The highest BCUT2D eigenvalue weighted by molar-refractivity contribution is 9.10. The molecule has 17 heavy (non-hydrogen) atoms. The van der Waals surface area contributed by atoms with Crippen LogP contribution in [0.1, 0.15) is 13.3 Å². The van der Waals surface area contributed by atoms with Crippen LogP contribution < -0.4 is 10.6 Å². The second kappa shape index (κ2) is 7.42. The van der Waals surface area contributed by atoms with E-state index in [1.54, 1.807) is 0 Å². The number of anilines is 1. The maximum absolute atomic E-state index is 11.7. The third kappa shape index (κ3) is 5.81. The van der Waals surface area contributed by atoms with Gasteiger partial charge in [-0.25, -0.2) is 0 Å². The number of nitrogens with one attached hydrogen (secondary N) is 2. The molecule has 94 valence electrons. The van der Waals surface area contributed by atoms with Gasteiger partial charge in [-0.1, -0.05) is 22.0 Å². The lowest BCUT2D eigenvalue weighted by molar-refractivity contribution is -0.116. The van der Waals surface area contributed by atoms with E-state index in [1.165, 1.54) is 0 Å².